The number of anilines is 1. The van der Waals surface area contributed by atoms with Crippen molar-refractivity contribution in [3.8, 4) is 0 Å². The Kier molecular flexibility index (Phi) is 6.40. The van der Waals surface area contributed by atoms with Crippen LogP contribution in [0.15, 0.2) is 24.3 Å². The number of benzene rings is 1. The van der Waals surface area contributed by atoms with Crippen molar-refractivity contribution in [2.24, 2.45) is 0 Å². The Morgan fingerprint density at radius 2 is 1.95 bits per heavy atom. The van der Waals surface area contributed by atoms with Crippen LogP contribution in [-0.4, -0.2) is 24.2 Å². The van der Waals surface area contributed by atoms with Crippen molar-refractivity contribution in [2.45, 2.75) is 46.1 Å². The number of pyridine rings is 1. The van der Waals surface area contributed by atoms with Gasteiger partial charge >= 0.3 is 0 Å². The van der Waals surface area contributed by atoms with Crippen molar-refractivity contribution in [3.05, 3.63) is 34.5 Å². The zero-order valence-electron chi connectivity index (χ0n) is 13.7. The maximum atomic E-state index is 5.39. The molecule has 1 fully saturated rings. The van der Waals surface area contributed by atoms with Crippen LogP contribution in [0.25, 0.3) is 10.9 Å². The molecule has 0 saturated carbocycles. The number of aryl methyl sites for hydroxylation is 1. The summed E-state index contributed by atoms with van der Waals surface area (Å²) < 4.78 is 6.20. The molecule has 0 aliphatic carbocycles. The molecule has 120 valence electrons. The van der Waals surface area contributed by atoms with E-state index in [2.05, 4.69) is 41.5 Å². The SMILES string of the molecule is CC.CCc1cc(=S)[nH]c2cc(NC3CCOCC3)ccc12. The van der Waals surface area contributed by atoms with E-state index in [1.54, 1.807) is 0 Å². The van der Waals surface area contributed by atoms with Crippen LogP contribution < -0.4 is 5.32 Å². The Bertz CT molecular complexity index is 660. The van der Waals surface area contributed by atoms with Crippen LogP contribution in [0.2, 0.25) is 0 Å². The van der Waals surface area contributed by atoms with Crippen LogP contribution in [0.3, 0.4) is 0 Å². The molecule has 22 heavy (non-hydrogen) atoms. The minimum Gasteiger partial charge on any atom is -0.382 e. The van der Waals surface area contributed by atoms with Gasteiger partial charge in [-0.1, -0.05) is 39.1 Å². The number of nitrogens with one attached hydrogen (secondary N) is 2. The lowest BCUT2D eigenvalue weighted by Gasteiger charge is -2.24. The lowest BCUT2D eigenvalue weighted by atomic mass is 10.1. The maximum absolute atomic E-state index is 5.39. The zero-order chi connectivity index (χ0) is 15.9. The van der Waals surface area contributed by atoms with Crippen LogP contribution >= 0.6 is 12.2 Å². The molecule has 0 atom stereocenters. The molecule has 1 aliphatic heterocycles. The lowest BCUT2D eigenvalue weighted by Crippen LogP contribution is -2.27. The van der Waals surface area contributed by atoms with Gasteiger partial charge in [-0.3, -0.25) is 0 Å². The summed E-state index contributed by atoms with van der Waals surface area (Å²) in [6.45, 7) is 7.87. The molecule has 3 nitrogen and oxygen atoms in total. The van der Waals surface area contributed by atoms with Crippen LogP contribution in [-0.2, 0) is 11.2 Å². The van der Waals surface area contributed by atoms with Gasteiger partial charge in [0, 0.05) is 35.8 Å². The highest BCUT2D eigenvalue weighted by atomic mass is 32.1. The van der Waals surface area contributed by atoms with E-state index in [9.17, 15) is 0 Å². The number of aromatic amines is 1. The molecule has 3 rings (SSSR count). The molecular formula is C18H26N2OS. The largest absolute Gasteiger partial charge is 0.382 e. The van der Waals surface area contributed by atoms with E-state index < -0.39 is 0 Å². The Hall–Kier alpha value is -1.39. The molecule has 1 aromatic heterocycles. The molecule has 0 spiro atoms. The topological polar surface area (TPSA) is 37.0 Å². The number of hydrogen-bond acceptors (Lipinski definition) is 3. The molecule has 2 heterocycles. The third-order valence-electron chi connectivity index (χ3n) is 3.90. The van der Waals surface area contributed by atoms with Crippen molar-refractivity contribution < 1.29 is 4.74 Å². The predicted molar refractivity (Wildman–Crippen MR) is 97.3 cm³/mol. The van der Waals surface area contributed by atoms with Crippen molar-refractivity contribution in [3.63, 3.8) is 0 Å². The summed E-state index contributed by atoms with van der Waals surface area (Å²) >= 11 is 5.31. The summed E-state index contributed by atoms with van der Waals surface area (Å²) in [5, 5.41) is 4.86. The van der Waals surface area contributed by atoms with Crippen LogP contribution in [0.4, 0.5) is 5.69 Å². The second-order valence-corrected chi connectivity index (χ2v) is 5.74. The Balaban J connectivity index is 0.000000847. The average molecular weight is 318 g/mol. The van der Waals surface area contributed by atoms with E-state index in [-0.39, 0.29) is 0 Å². The molecule has 0 unspecified atom stereocenters. The molecule has 2 N–H and O–H groups in total. The number of H-pyrrole nitrogens is 1. The number of aromatic nitrogens is 1. The molecule has 4 heteroatoms. The Labute approximate surface area is 138 Å². The van der Waals surface area contributed by atoms with Gasteiger partial charge in [0.2, 0.25) is 0 Å². The predicted octanol–water partition coefficient (Wildman–Crippen LogP) is 5.08. The number of hydrogen-bond donors (Lipinski definition) is 2. The van der Waals surface area contributed by atoms with Crippen LogP contribution in [0, 0.1) is 4.64 Å². The van der Waals surface area contributed by atoms with E-state index >= 15 is 0 Å². The normalized spacial score (nSPS) is 15.2. The van der Waals surface area contributed by atoms with Gasteiger partial charge in [-0.05, 0) is 43.0 Å². The minimum atomic E-state index is 0.513. The lowest BCUT2D eigenvalue weighted by molar-refractivity contribution is 0.0904. The summed E-state index contributed by atoms with van der Waals surface area (Å²) in [6.07, 6.45) is 3.15. The summed E-state index contributed by atoms with van der Waals surface area (Å²) in [5.74, 6) is 0. The van der Waals surface area contributed by atoms with Gasteiger partial charge in [-0.2, -0.15) is 0 Å². The van der Waals surface area contributed by atoms with Gasteiger partial charge in [0.1, 0.15) is 4.64 Å². The van der Waals surface area contributed by atoms with E-state index in [0.717, 1.165) is 48.3 Å². The van der Waals surface area contributed by atoms with Gasteiger partial charge in [-0.15, -0.1) is 0 Å². The first-order valence-electron chi connectivity index (χ1n) is 8.26. The first-order chi connectivity index (χ1) is 10.8. The smallest absolute Gasteiger partial charge is 0.103 e. The Morgan fingerprint density at radius 3 is 2.64 bits per heavy atom. The van der Waals surface area contributed by atoms with Gasteiger partial charge < -0.3 is 15.0 Å². The van der Waals surface area contributed by atoms with Crippen LogP contribution in [0.5, 0.6) is 0 Å². The first-order valence-corrected chi connectivity index (χ1v) is 8.67. The van der Waals surface area contributed by atoms with Gasteiger partial charge in [0.05, 0.1) is 0 Å². The fourth-order valence-electron chi connectivity index (χ4n) is 2.79. The molecule has 1 saturated heterocycles. The zero-order valence-corrected chi connectivity index (χ0v) is 14.6. The fourth-order valence-corrected chi connectivity index (χ4v) is 3.04. The highest BCUT2D eigenvalue weighted by molar-refractivity contribution is 7.71. The van der Waals surface area contributed by atoms with Crippen molar-refractivity contribution in [2.75, 3.05) is 18.5 Å². The third kappa shape index (κ3) is 4.08. The fraction of sp³-hybridized carbons (Fsp3) is 0.500. The monoisotopic (exact) mass is 318 g/mol. The van der Waals surface area contributed by atoms with Crippen molar-refractivity contribution >= 4 is 28.8 Å². The second kappa shape index (κ2) is 8.30. The number of fused-ring (bicyclic) bond motifs is 1. The highest BCUT2D eigenvalue weighted by Crippen LogP contribution is 2.23. The summed E-state index contributed by atoms with van der Waals surface area (Å²) in [4.78, 5) is 3.29. The third-order valence-corrected chi connectivity index (χ3v) is 4.12. The summed E-state index contributed by atoms with van der Waals surface area (Å²) in [5.41, 5.74) is 3.58. The van der Waals surface area contributed by atoms with Gasteiger partial charge in [-0.25, -0.2) is 0 Å². The van der Waals surface area contributed by atoms with E-state index in [1.165, 1.54) is 10.9 Å². The second-order valence-electron chi connectivity index (χ2n) is 5.30. The van der Waals surface area contributed by atoms with Gasteiger partial charge in [0.25, 0.3) is 0 Å². The minimum absolute atomic E-state index is 0.513. The molecule has 0 amide bonds. The Morgan fingerprint density at radius 1 is 1.23 bits per heavy atom. The number of ether oxygens (including phenoxy) is 1. The average Bonchev–Trinajstić information content (AvgIpc) is 2.56. The molecule has 1 aliphatic rings. The highest BCUT2D eigenvalue weighted by Gasteiger charge is 2.13. The van der Waals surface area contributed by atoms with Gasteiger partial charge in [0.15, 0.2) is 0 Å². The molecule has 1 aromatic carbocycles. The quantitative estimate of drug-likeness (QED) is 0.775. The maximum Gasteiger partial charge on any atom is 0.103 e. The van der Waals surface area contributed by atoms with Crippen LogP contribution in [0.1, 0.15) is 39.2 Å². The first kappa shape index (κ1) is 17.0. The molecule has 0 radical (unpaired) electrons. The summed E-state index contributed by atoms with van der Waals surface area (Å²) in [6, 6.07) is 9.08. The van der Waals surface area contributed by atoms with Crippen molar-refractivity contribution in [1.82, 2.24) is 4.98 Å². The van der Waals surface area contributed by atoms with E-state index in [0.29, 0.717) is 6.04 Å². The number of rotatable bonds is 3. The van der Waals surface area contributed by atoms with E-state index in [1.807, 2.05) is 13.8 Å². The molecule has 2 aromatic rings. The summed E-state index contributed by atoms with van der Waals surface area (Å²) in [7, 11) is 0. The molecular weight excluding hydrogens is 292 g/mol. The van der Waals surface area contributed by atoms with E-state index in [4.69, 9.17) is 17.0 Å². The van der Waals surface area contributed by atoms with Crippen molar-refractivity contribution in [1.29, 1.82) is 0 Å². The molecule has 0 bridgehead atoms. The standard InChI is InChI=1S/C16H20N2OS.C2H6/c1-2-11-9-16(20)18-15-10-13(3-4-14(11)15)17-12-5-7-19-8-6-12;1-2/h3-4,9-10,12,17H,2,5-8H2,1H3,(H,18,20);1-2H3.